The van der Waals surface area contributed by atoms with Crippen molar-refractivity contribution in [3.63, 3.8) is 0 Å². The first-order valence-corrected chi connectivity index (χ1v) is 4.60. The van der Waals surface area contributed by atoms with E-state index in [1.807, 2.05) is 22.7 Å². The van der Waals surface area contributed by atoms with Gasteiger partial charge in [-0.05, 0) is 18.1 Å². The number of imidazole rings is 1. The Morgan fingerprint density at radius 3 is 2.86 bits per heavy atom. The fourth-order valence-corrected chi connectivity index (χ4v) is 1.40. The van der Waals surface area contributed by atoms with Crippen LogP contribution in [0.15, 0.2) is 24.4 Å². The molecule has 3 nitrogen and oxygen atoms in total. The molecule has 0 amide bonds. The molecule has 2 heterocycles. The van der Waals surface area contributed by atoms with Crippen molar-refractivity contribution in [3.8, 4) is 6.07 Å². The molecule has 2 rings (SSSR count). The van der Waals surface area contributed by atoms with Crippen LogP contribution in [0.2, 0.25) is 0 Å². The van der Waals surface area contributed by atoms with Crippen molar-refractivity contribution in [2.24, 2.45) is 0 Å². The van der Waals surface area contributed by atoms with Crippen molar-refractivity contribution in [2.75, 3.05) is 0 Å². The predicted molar refractivity (Wildman–Crippen MR) is 54.0 cm³/mol. The lowest BCUT2D eigenvalue weighted by atomic mass is 10.2. The Hall–Kier alpha value is -1.82. The topological polar surface area (TPSA) is 41.1 Å². The fraction of sp³-hybridized carbons (Fsp3) is 0.273. The second kappa shape index (κ2) is 3.15. The van der Waals surface area contributed by atoms with E-state index in [4.69, 9.17) is 5.26 Å². The van der Waals surface area contributed by atoms with E-state index < -0.39 is 0 Å². The molecule has 0 fully saturated rings. The van der Waals surface area contributed by atoms with Gasteiger partial charge in [0.25, 0.3) is 0 Å². The normalized spacial score (nSPS) is 10.7. The molecule has 0 saturated carbocycles. The van der Waals surface area contributed by atoms with Crippen molar-refractivity contribution in [2.45, 2.75) is 19.8 Å². The second-order valence-corrected chi connectivity index (χ2v) is 3.57. The highest BCUT2D eigenvalue weighted by atomic mass is 15.0. The molecule has 2 aromatic heterocycles. The van der Waals surface area contributed by atoms with Crippen LogP contribution in [0.5, 0.6) is 0 Å². The minimum Gasteiger partial charge on any atom is -0.291 e. The van der Waals surface area contributed by atoms with E-state index in [2.05, 4.69) is 24.9 Å². The Morgan fingerprint density at radius 2 is 2.21 bits per heavy atom. The summed E-state index contributed by atoms with van der Waals surface area (Å²) in [5.74, 6) is 0.390. The number of hydrogen-bond acceptors (Lipinski definition) is 2. The summed E-state index contributed by atoms with van der Waals surface area (Å²) in [6.07, 6.45) is 1.93. The Kier molecular flexibility index (Phi) is 1.97. The van der Waals surface area contributed by atoms with Crippen LogP contribution in [-0.2, 0) is 0 Å². The van der Waals surface area contributed by atoms with Crippen LogP contribution in [0.25, 0.3) is 5.65 Å². The van der Waals surface area contributed by atoms with Crippen LogP contribution in [0.1, 0.15) is 31.2 Å². The van der Waals surface area contributed by atoms with E-state index >= 15 is 0 Å². The van der Waals surface area contributed by atoms with Gasteiger partial charge < -0.3 is 0 Å². The molecular weight excluding hydrogens is 174 g/mol. The standard InChI is InChI=1S/C11H11N3/c1-8(2)10-7-14-9(6-12)4-3-5-11(14)13-10/h3-5,7-8H,1-2H3. The lowest BCUT2D eigenvalue weighted by molar-refractivity contribution is 0.834. The molecule has 0 radical (unpaired) electrons. The smallest absolute Gasteiger partial charge is 0.138 e. The molecular formula is C11H11N3. The SMILES string of the molecule is CC(C)c1cn2c(C#N)cccc2n1. The Bertz CT molecular complexity index is 503. The van der Waals surface area contributed by atoms with Crippen molar-refractivity contribution < 1.29 is 0 Å². The Labute approximate surface area is 82.6 Å². The number of nitriles is 1. The van der Waals surface area contributed by atoms with Crippen molar-refractivity contribution >= 4 is 5.65 Å². The van der Waals surface area contributed by atoms with Crippen LogP contribution in [-0.4, -0.2) is 9.38 Å². The van der Waals surface area contributed by atoms with Crippen LogP contribution < -0.4 is 0 Å². The molecule has 0 spiro atoms. The minimum atomic E-state index is 0.390. The third-order valence-electron chi connectivity index (χ3n) is 2.22. The van der Waals surface area contributed by atoms with Crippen molar-refractivity contribution in [1.82, 2.24) is 9.38 Å². The molecule has 0 saturated heterocycles. The van der Waals surface area contributed by atoms with Crippen LogP contribution in [0.4, 0.5) is 0 Å². The predicted octanol–water partition coefficient (Wildman–Crippen LogP) is 2.33. The minimum absolute atomic E-state index is 0.390. The number of fused-ring (bicyclic) bond motifs is 1. The molecule has 70 valence electrons. The van der Waals surface area contributed by atoms with Crippen LogP contribution in [0.3, 0.4) is 0 Å². The highest BCUT2D eigenvalue weighted by molar-refractivity contribution is 5.45. The summed E-state index contributed by atoms with van der Waals surface area (Å²) >= 11 is 0. The maximum Gasteiger partial charge on any atom is 0.138 e. The summed E-state index contributed by atoms with van der Waals surface area (Å²) in [6, 6.07) is 7.70. The number of rotatable bonds is 1. The molecule has 0 N–H and O–H groups in total. The molecule has 0 bridgehead atoms. The first kappa shape index (κ1) is 8.76. The lowest BCUT2D eigenvalue weighted by Gasteiger charge is -1.95. The average Bonchev–Trinajstić information content (AvgIpc) is 2.60. The van der Waals surface area contributed by atoms with Gasteiger partial charge in [0.1, 0.15) is 17.4 Å². The van der Waals surface area contributed by atoms with Gasteiger partial charge in [0, 0.05) is 6.20 Å². The number of aromatic nitrogens is 2. The summed E-state index contributed by atoms with van der Waals surface area (Å²) in [6.45, 7) is 4.18. The molecule has 0 unspecified atom stereocenters. The Morgan fingerprint density at radius 1 is 1.43 bits per heavy atom. The average molecular weight is 185 g/mol. The van der Waals surface area contributed by atoms with E-state index in [0.29, 0.717) is 11.6 Å². The molecule has 0 atom stereocenters. The molecule has 14 heavy (non-hydrogen) atoms. The van der Waals surface area contributed by atoms with E-state index in [0.717, 1.165) is 11.3 Å². The monoisotopic (exact) mass is 185 g/mol. The summed E-state index contributed by atoms with van der Waals surface area (Å²) in [5, 5.41) is 8.88. The van der Waals surface area contributed by atoms with Gasteiger partial charge in [-0.15, -0.1) is 0 Å². The second-order valence-electron chi connectivity index (χ2n) is 3.57. The highest BCUT2D eigenvalue weighted by Gasteiger charge is 2.06. The van der Waals surface area contributed by atoms with Crippen LogP contribution in [0, 0.1) is 11.3 Å². The number of hydrogen-bond donors (Lipinski definition) is 0. The third-order valence-corrected chi connectivity index (χ3v) is 2.22. The third kappa shape index (κ3) is 1.25. The molecule has 2 aromatic rings. The van der Waals surface area contributed by atoms with Gasteiger partial charge in [-0.2, -0.15) is 5.26 Å². The van der Waals surface area contributed by atoms with Gasteiger partial charge >= 0.3 is 0 Å². The first-order valence-electron chi connectivity index (χ1n) is 4.60. The van der Waals surface area contributed by atoms with Crippen molar-refractivity contribution in [3.05, 3.63) is 35.8 Å². The summed E-state index contributed by atoms with van der Waals surface area (Å²) < 4.78 is 1.83. The molecule has 0 aliphatic carbocycles. The highest BCUT2D eigenvalue weighted by Crippen LogP contribution is 2.15. The lowest BCUT2D eigenvalue weighted by Crippen LogP contribution is -1.88. The van der Waals surface area contributed by atoms with E-state index in [1.54, 1.807) is 6.07 Å². The molecule has 0 aliphatic heterocycles. The summed E-state index contributed by atoms with van der Waals surface area (Å²) in [7, 11) is 0. The maximum absolute atomic E-state index is 8.88. The molecule has 0 aromatic carbocycles. The fourth-order valence-electron chi connectivity index (χ4n) is 1.40. The largest absolute Gasteiger partial charge is 0.291 e. The zero-order valence-electron chi connectivity index (χ0n) is 8.23. The van der Waals surface area contributed by atoms with Gasteiger partial charge in [-0.25, -0.2) is 4.98 Å². The summed E-state index contributed by atoms with van der Waals surface area (Å²) in [4.78, 5) is 4.43. The number of pyridine rings is 1. The molecule has 3 heteroatoms. The van der Waals surface area contributed by atoms with Crippen LogP contribution >= 0.6 is 0 Å². The molecule has 0 aliphatic rings. The van der Waals surface area contributed by atoms with E-state index in [-0.39, 0.29) is 0 Å². The van der Waals surface area contributed by atoms with Gasteiger partial charge in [0.05, 0.1) is 5.69 Å². The Balaban J connectivity index is 2.72. The van der Waals surface area contributed by atoms with E-state index in [1.165, 1.54) is 0 Å². The van der Waals surface area contributed by atoms with Gasteiger partial charge in [-0.1, -0.05) is 19.9 Å². The number of nitrogens with zero attached hydrogens (tertiary/aromatic N) is 3. The van der Waals surface area contributed by atoms with Gasteiger partial charge in [0.15, 0.2) is 0 Å². The first-order chi connectivity index (χ1) is 6.72. The van der Waals surface area contributed by atoms with Crippen molar-refractivity contribution in [1.29, 1.82) is 5.26 Å². The van der Waals surface area contributed by atoms with E-state index in [9.17, 15) is 0 Å². The maximum atomic E-state index is 8.88. The quantitative estimate of drug-likeness (QED) is 0.684. The van der Waals surface area contributed by atoms with Gasteiger partial charge in [-0.3, -0.25) is 4.40 Å². The summed E-state index contributed by atoms with van der Waals surface area (Å²) in [5.41, 5.74) is 2.49. The zero-order chi connectivity index (χ0) is 10.1. The van der Waals surface area contributed by atoms with Gasteiger partial charge in [0.2, 0.25) is 0 Å². The zero-order valence-corrected chi connectivity index (χ0v) is 8.23.